The van der Waals surface area contributed by atoms with E-state index < -0.39 is 0 Å². The van der Waals surface area contributed by atoms with Crippen LogP contribution in [-0.2, 0) is 4.79 Å². The van der Waals surface area contributed by atoms with Crippen LogP contribution in [0.3, 0.4) is 0 Å². The van der Waals surface area contributed by atoms with Crippen molar-refractivity contribution in [3.05, 3.63) is 29.3 Å². The third kappa shape index (κ3) is 5.63. The molecule has 1 aromatic rings. The van der Waals surface area contributed by atoms with Gasteiger partial charge in [0.1, 0.15) is 5.75 Å². The van der Waals surface area contributed by atoms with Gasteiger partial charge in [0, 0.05) is 16.8 Å². The number of thioether (sulfide) groups is 1. The lowest BCUT2D eigenvalue weighted by Crippen LogP contribution is -2.34. The van der Waals surface area contributed by atoms with Crippen molar-refractivity contribution in [3.8, 4) is 5.75 Å². The fourth-order valence-corrected chi connectivity index (χ4v) is 3.07. The topological polar surface area (TPSA) is 38.3 Å². The number of benzene rings is 1. The predicted octanol–water partition coefficient (Wildman–Crippen LogP) is 3.51. The number of amides is 1. The Labute approximate surface area is 129 Å². The summed E-state index contributed by atoms with van der Waals surface area (Å²) in [7, 11) is 0. The van der Waals surface area contributed by atoms with Crippen LogP contribution in [0.2, 0.25) is 5.02 Å². The minimum atomic E-state index is 0.143. The predicted molar refractivity (Wildman–Crippen MR) is 84.7 cm³/mol. The molecule has 0 bridgehead atoms. The minimum Gasteiger partial charge on any atom is -0.493 e. The van der Waals surface area contributed by atoms with Gasteiger partial charge < -0.3 is 10.1 Å². The van der Waals surface area contributed by atoms with E-state index in [9.17, 15) is 4.79 Å². The molecule has 0 aromatic heterocycles. The molecule has 2 rings (SSSR count). The summed E-state index contributed by atoms with van der Waals surface area (Å²) < 4.78 is 5.57. The number of hydrogen-bond donors (Lipinski definition) is 1. The lowest BCUT2D eigenvalue weighted by atomic mass is 10.2. The molecule has 110 valence electrons. The number of rotatable bonds is 7. The zero-order valence-electron chi connectivity index (χ0n) is 11.4. The van der Waals surface area contributed by atoms with Crippen LogP contribution in [0.4, 0.5) is 0 Å². The SMILES string of the molecule is O=C(CSCCOc1cccc(Cl)c1)NC1CCCC1. The van der Waals surface area contributed by atoms with Gasteiger partial charge >= 0.3 is 0 Å². The molecule has 0 radical (unpaired) electrons. The number of hydrogen-bond acceptors (Lipinski definition) is 3. The molecule has 1 fully saturated rings. The van der Waals surface area contributed by atoms with Gasteiger partial charge in [0.15, 0.2) is 0 Å². The van der Waals surface area contributed by atoms with Crippen LogP contribution in [0, 0.1) is 0 Å². The van der Waals surface area contributed by atoms with Crippen LogP contribution in [0.25, 0.3) is 0 Å². The summed E-state index contributed by atoms with van der Waals surface area (Å²) in [4.78, 5) is 11.7. The van der Waals surface area contributed by atoms with Crippen LogP contribution < -0.4 is 10.1 Å². The van der Waals surface area contributed by atoms with Gasteiger partial charge in [-0.25, -0.2) is 0 Å². The van der Waals surface area contributed by atoms with E-state index in [-0.39, 0.29) is 5.91 Å². The second-order valence-electron chi connectivity index (χ2n) is 4.91. The Morgan fingerprint density at radius 1 is 1.40 bits per heavy atom. The summed E-state index contributed by atoms with van der Waals surface area (Å²) in [5.74, 6) is 2.22. The van der Waals surface area contributed by atoms with Crippen molar-refractivity contribution in [2.45, 2.75) is 31.7 Å². The molecule has 1 saturated carbocycles. The quantitative estimate of drug-likeness (QED) is 0.783. The molecule has 0 heterocycles. The normalized spacial score (nSPS) is 15.2. The molecule has 5 heteroatoms. The lowest BCUT2D eigenvalue weighted by molar-refractivity contribution is -0.119. The minimum absolute atomic E-state index is 0.143. The molecule has 1 amide bonds. The highest BCUT2D eigenvalue weighted by atomic mass is 35.5. The Kier molecular flexibility index (Phi) is 6.54. The van der Waals surface area contributed by atoms with Gasteiger partial charge in [-0.15, -0.1) is 11.8 Å². The van der Waals surface area contributed by atoms with E-state index in [0.717, 1.165) is 24.3 Å². The summed E-state index contributed by atoms with van der Waals surface area (Å²) in [5, 5.41) is 3.75. The summed E-state index contributed by atoms with van der Waals surface area (Å²) in [6.07, 6.45) is 4.75. The Balaban J connectivity index is 1.53. The second-order valence-corrected chi connectivity index (χ2v) is 6.45. The van der Waals surface area contributed by atoms with Gasteiger partial charge in [0.2, 0.25) is 5.91 Å². The number of carbonyl (C=O) groups is 1. The van der Waals surface area contributed by atoms with Crippen LogP contribution in [-0.4, -0.2) is 30.1 Å². The van der Waals surface area contributed by atoms with Crippen LogP contribution >= 0.6 is 23.4 Å². The average molecular weight is 314 g/mol. The van der Waals surface area contributed by atoms with Crippen molar-refractivity contribution in [1.82, 2.24) is 5.32 Å². The molecule has 1 aromatic carbocycles. The van der Waals surface area contributed by atoms with E-state index in [1.165, 1.54) is 12.8 Å². The highest BCUT2D eigenvalue weighted by Gasteiger charge is 2.16. The van der Waals surface area contributed by atoms with E-state index in [4.69, 9.17) is 16.3 Å². The van der Waals surface area contributed by atoms with E-state index >= 15 is 0 Å². The molecule has 1 aliphatic rings. The molecule has 20 heavy (non-hydrogen) atoms. The van der Waals surface area contributed by atoms with Crippen molar-refractivity contribution in [2.24, 2.45) is 0 Å². The van der Waals surface area contributed by atoms with E-state index in [2.05, 4.69) is 5.32 Å². The van der Waals surface area contributed by atoms with Crippen molar-refractivity contribution in [3.63, 3.8) is 0 Å². The van der Waals surface area contributed by atoms with Gasteiger partial charge in [0.25, 0.3) is 0 Å². The van der Waals surface area contributed by atoms with Gasteiger partial charge in [0.05, 0.1) is 12.4 Å². The first-order valence-corrected chi connectivity index (χ1v) is 8.53. The standard InChI is InChI=1S/C15H20ClNO2S/c16-12-4-3-7-14(10-12)19-8-9-20-11-15(18)17-13-5-1-2-6-13/h3-4,7,10,13H,1-2,5-6,8-9,11H2,(H,17,18). The molecule has 1 aliphatic carbocycles. The summed E-state index contributed by atoms with van der Waals surface area (Å²) in [5.41, 5.74) is 0. The lowest BCUT2D eigenvalue weighted by Gasteiger charge is -2.11. The van der Waals surface area contributed by atoms with Crippen LogP contribution in [0.1, 0.15) is 25.7 Å². The summed E-state index contributed by atoms with van der Waals surface area (Å²) in [6.45, 7) is 0.585. The maximum absolute atomic E-state index is 11.7. The van der Waals surface area contributed by atoms with Crippen LogP contribution in [0.15, 0.2) is 24.3 Å². The monoisotopic (exact) mass is 313 g/mol. The summed E-state index contributed by atoms with van der Waals surface area (Å²) >= 11 is 7.47. The second kappa shape index (κ2) is 8.42. The molecule has 0 saturated heterocycles. The zero-order chi connectivity index (χ0) is 14.2. The van der Waals surface area contributed by atoms with Crippen LogP contribution in [0.5, 0.6) is 5.75 Å². The maximum Gasteiger partial charge on any atom is 0.230 e. The Hall–Kier alpha value is -0.870. The molecule has 3 nitrogen and oxygen atoms in total. The number of carbonyl (C=O) groups excluding carboxylic acids is 1. The fraction of sp³-hybridized carbons (Fsp3) is 0.533. The molecular weight excluding hydrogens is 294 g/mol. The average Bonchev–Trinajstić information content (AvgIpc) is 2.91. The first-order chi connectivity index (χ1) is 9.74. The van der Waals surface area contributed by atoms with E-state index in [1.54, 1.807) is 17.8 Å². The molecule has 0 aliphatic heterocycles. The van der Waals surface area contributed by atoms with Crippen molar-refractivity contribution in [2.75, 3.05) is 18.1 Å². The van der Waals surface area contributed by atoms with E-state index in [0.29, 0.717) is 23.4 Å². The zero-order valence-corrected chi connectivity index (χ0v) is 13.0. The maximum atomic E-state index is 11.7. The number of nitrogens with one attached hydrogen (secondary N) is 1. The smallest absolute Gasteiger partial charge is 0.230 e. The first kappa shape index (κ1) is 15.5. The number of halogens is 1. The fourth-order valence-electron chi connectivity index (χ4n) is 2.28. The Morgan fingerprint density at radius 3 is 2.95 bits per heavy atom. The van der Waals surface area contributed by atoms with Crippen molar-refractivity contribution in [1.29, 1.82) is 0 Å². The molecular formula is C15H20ClNO2S. The third-order valence-electron chi connectivity index (χ3n) is 3.25. The summed E-state index contributed by atoms with van der Waals surface area (Å²) in [6, 6.07) is 7.75. The molecule has 0 atom stereocenters. The van der Waals surface area contributed by atoms with Gasteiger partial charge in [-0.05, 0) is 31.0 Å². The number of ether oxygens (including phenoxy) is 1. The van der Waals surface area contributed by atoms with Crippen molar-refractivity contribution < 1.29 is 9.53 Å². The molecule has 0 unspecified atom stereocenters. The molecule has 0 spiro atoms. The third-order valence-corrected chi connectivity index (χ3v) is 4.40. The first-order valence-electron chi connectivity index (χ1n) is 6.99. The Bertz CT molecular complexity index is 436. The van der Waals surface area contributed by atoms with E-state index in [1.807, 2.05) is 18.2 Å². The molecule has 1 N–H and O–H groups in total. The van der Waals surface area contributed by atoms with Gasteiger partial charge in [-0.1, -0.05) is 30.5 Å². The highest BCUT2D eigenvalue weighted by Crippen LogP contribution is 2.18. The highest BCUT2D eigenvalue weighted by molar-refractivity contribution is 7.99. The van der Waals surface area contributed by atoms with Crippen molar-refractivity contribution >= 4 is 29.3 Å². The van der Waals surface area contributed by atoms with Gasteiger partial charge in [-0.3, -0.25) is 4.79 Å². The largest absolute Gasteiger partial charge is 0.493 e. The Morgan fingerprint density at radius 2 is 2.20 bits per heavy atom. The van der Waals surface area contributed by atoms with Gasteiger partial charge in [-0.2, -0.15) is 0 Å².